The molecule has 1 amide bonds. The van der Waals surface area contributed by atoms with Gasteiger partial charge in [0.25, 0.3) is 0 Å². The molecule has 6 heteroatoms. The molecule has 1 saturated heterocycles. The minimum absolute atomic E-state index is 0.0496. The Balaban J connectivity index is 2.01. The summed E-state index contributed by atoms with van der Waals surface area (Å²) in [5.41, 5.74) is 2.11. The average Bonchev–Trinajstić information content (AvgIpc) is 2.55. The monoisotopic (exact) mass is 321 g/mol. The first-order valence-electron chi connectivity index (χ1n) is 8.00. The first-order chi connectivity index (χ1) is 11.0. The average molecular weight is 321 g/mol. The van der Waals surface area contributed by atoms with Crippen LogP contribution in [0.4, 0.5) is 0 Å². The maximum atomic E-state index is 12.3. The van der Waals surface area contributed by atoms with Crippen LogP contribution in [0, 0.1) is 6.92 Å². The van der Waals surface area contributed by atoms with Crippen molar-refractivity contribution in [2.75, 3.05) is 46.9 Å². The molecule has 0 spiro atoms. The Morgan fingerprint density at radius 3 is 2.48 bits per heavy atom. The number of methoxy groups -OCH3 is 2. The SMILES string of the molecule is COc1cc(C)c(C(C)NC(=O)CN2CCNCC2)cc1OC. The van der Waals surface area contributed by atoms with Gasteiger partial charge in [-0.15, -0.1) is 0 Å². The fourth-order valence-electron chi connectivity index (χ4n) is 2.90. The normalized spacial score (nSPS) is 16.7. The van der Waals surface area contributed by atoms with Crippen LogP contribution >= 0.6 is 0 Å². The zero-order valence-electron chi connectivity index (χ0n) is 14.4. The number of carbonyl (C=O) groups excluding carboxylic acids is 1. The molecule has 1 unspecified atom stereocenters. The van der Waals surface area contributed by atoms with Gasteiger partial charge in [-0.25, -0.2) is 0 Å². The van der Waals surface area contributed by atoms with Crippen molar-refractivity contribution < 1.29 is 14.3 Å². The van der Waals surface area contributed by atoms with E-state index in [1.54, 1.807) is 14.2 Å². The molecule has 6 nitrogen and oxygen atoms in total. The summed E-state index contributed by atoms with van der Waals surface area (Å²) in [6.07, 6.45) is 0. The van der Waals surface area contributed by atoms with Gasteiger partial charge in [0.15, 0.2) is 11.5 Å². The highest BCUT2D eigenvalue weighted by atomic mass is 16.5. The van der Waals surface area contributed by atoms with Crippen molar-refractivity contribution >= 4 is 5.91 Å². The van der Waals surface area contributed by atoms with Gasteiger partial charge in [-0.3, -0.25) is 9.69 Å². The lowest BCUT2D eigenvalue weighted by Gasteiger charge is -2.27. The molecule has 0 aromatic heterocycles. The van der Waals surface area contributed by atoms with E-state index in [9.17, 15) is 4.79 Å². The predicted octanol–water partition coefficient (Wildman–Crippen LogP) is 1.09. The number of hydrogen-bond acceptors (Lipinski definition) is 5. The van der Waals surface area contributed by atoms with E-state index >= 15 is 0 Å². The second kappa shape index (κ2) is 8.17. The van der Waals surface area contributed by atoms with E-state index in [1.807, 2.05) is 26.0 Å². The summed E-state index contributed by atoms with van der Waals surface area (Å²) >= 11 is 0. The van der Waals surface area contributed by atoms with E-state index in [4.69, 9.17) is 9.47 Å². The Morgan fingerprint density at radius 2 is 1.87 bits per heavy atom. The minimum Gasteiger partial charge on any atom is -0.493 e. The van der Waals surface area contributed by atoms with Crippen LogP contribution in [0.3, 0.4) is 0 Å². The number of rotatable bonds is 6. The van der Waals surface area contributed by atoms with Crippen LogP contribution in [0.25, 0.3) is 0 Å². The summed E-state index contributed by atoms with van der Waals surface area (Å²) < 4.78 is 10.7. The van der Waals surface area contributed by atoms with Crippen molar-refractivity contribution in [2.45, 2.75) is 19.9 Å². The minimum atomic E-state index is -0.0785. The standard InChI is InChI=1S/C17H27N3O3/c1-12-9-15(22-3)16(23-4)10-14(12)13(2)19-17(21)11-20-7-5-18-6-8-20/h9-10,13,18H,5-8,11H2,1-4H3,(H,19,21). The number of benzene rings is 1. The first kappa shape index (κ1) is 17.6. The van der Waals surface area contributed by atoms with Crippen LogP contribution in [0.1, 0.15) is 24.1 Å². The Labute approximate surface area is 138 Å². The summed E-state index contributed by atoms with van der Waals surface area (Å²) in [5.74, 6) is 1.43. The predicted molar refractivity (Wildman–Crippen MR) is 90.2 cm³/mol. The highest BCUT2D eigenvalue weighted by Crippen LogP contribution is 2.32. The van der Waals surface area contributed by atoms with Gasteiger partial charge >= 0.3 is 0 Å². The van der Waals surface area contributed by atoms with Gasteiger partial charge in [0.2, 0.25) is 5.91 Å². The van der Waals surface area contributed by atoms with E-state index in [-0.39, 0.29) is 11.9 Å². The van der Waals surface area contributed by atoms with E-state index in [0.29, 0.717) is 18.0 Å². The molecular weight excluding hydrogens is 294 g/mol. The maximum absolute atomic E-state index is 12.3. The van der Waals surface area contributed by atoms with Crippen molar-refractivity contribution in [3.05, 3.63) is 23.3 Å². The molecule has 1 heterocycles. The van der Waals surface area contributed by atoms with Gasteiger partial charge in [-0.2, -0.15) is 0 Å². The Bertz CT molecular complexity index is 542. The second-order valence-corrected chi connectivity index (χ2v) is 5.88. The molecule has 2 N–H and O–H groups in total. The molecular formula is C17H27N3O3. The molecule has 128 valence electrons. The molecule has 0 saturated carbocycles. The summed E-state index contributed by atoms with van der Waals surface area (Å²) in [7, 11) is 3.24. The smallest absolute Gasteiger partial charge is 0.234 e. The van der Waals surface area contributed by atoms with Crippen LogP contribution in [0.15, 0.2) is 12.1 Å². The number of nitrogens with zero attached hydrogens (tertiary/aromatic N) is 1. The molecule has 0 radical (unpaired) electrons. The molecule has 1 aromatic carbocycles. The van der Waals surface area contributed by atoms with Gasteiger partial charge < -0.3 is 20.1 Å². The van der Waals surface area contributed by atoms with Gasteiger partial charge in [0.1, 0.15) is 0 Å². The largest absolute Gasteiger partial charge is 0.493 e. The third-order valence-corrected chi connectivity index (χ3v) is 4.19. The topological polar surface area (TPSA) is 62.8 Å². The number of carbonyl (C=O) groups is 1. The van der Waals surface area contributed by atoms with E-state index in [0.717, 1.165) is 37.3 Å². The number of piperazine rings is 1. The zero-order valence-corrected chi connectivity index (χ0v) is 14.4. The number of ether oxygens (including phenoxy) is 2. The number of nitrogens with one attached hydrogen (secondary N) is 2. The van der Waals surface area contributed by atoms with Crippen molar-refractivity contribution in [1.82, 2.24) is 15.5 Å². The fourth-order valence-corrected chi connectivity index (χ4v) is 2.90. The molecule has 1 fully saturated rings. The summed E-state index contributed by atoms with van der Waals surface area (Å²) in [4.78, 5) is 14.4. The summed E-state index contributed by atoms with van der Waals surface area (Å²) in [5, 5.41) is 6.36. The molecule has 1 aliphatic heterocycles. The second-order valence-electron chi connectivity index (χ2n) is 5.88. The lowest BCUT2D eigenvalue weighted by molar-refractivity contribution is -0.123. The third kappa shape index (κ3) is 4.59. The lowest BCUT2D eigenvalue weighted by atomic mass is 10.0. The molecule has 0 bridgehead atoms. The molecule has 1 aromatic rings. The maximum Gasteiger partial charge on any atom is 0.234 e. The fraction of sp³-hybridized carbons (Fsp3) is 0.588. The van der Waals surface area contributed by atoms with E-state index < -0.39 is 0 Å². The Hall–Kier alpha value is -1.79. The van der Waals surface area contributed by atoms with Gasteiger partial charge in [0.05, 0.1) is 26.8 Å². The van der Waals surface area contributed by atoms with Crippen LogP contribution in [0.2, 0.25) is 0 Å². The Morgan fingerprint density at radius 1 is 1.26 bits per heavy atom. The highest BCUT2D eigenvalue weighted by Gasteiger charge is 2.18. The van der Waals surface area contributed by atoms with E-state index in [2.05, 4.69) is 15.5 Å². The van der Waals surface area contributed by atoms with Crippen LogP contribution in [-0.4, -0.2) is 57.8 Å². The highest BCUT2D eigenvalue weighted by molar-refractivity contribution is 5.78. The van der Waals surface area contributed by atoms with Crippen molar-refractivity contribution in [2.24, 2.45) is 0 Å². The molecule has 1 aliphatic rings. The quantitative estimate of drug-likeness (QED) is 0.821. The van der Waals surface area contributed by atoms with Gasteiger partial charge in [0, 0.05) is 26.2 Å². The number of hydrogen-bond donors (Lipinski definition) is 2. The zero-order chi connectivity index (χ0) is 16.8. The lowest BCUT2D eigenvalue weighted by Crippen LogP contribution is -2.47. The van der Waals surface area contributed by atoms with Gasteiger partial charge in [-0.1, -0.05) is 0 Å². The van der Waals surface area contributed by atoms with Crippen LogP contribution in [-0.2, 0) is 4.79 Å². The van der Waals surface area contributed by atoms with Crippen LogP contribution < -0.4 is 20.1 Å². The van der Waals surface area contributed by atoms with Crippen molar-refractivity contribution in [1.29, 1.82) is 0 Å². The van der Waals surface area contributed by atoms with Crippen molar-refractivity contribution in [3.63, 3.8) is 0 Å². The number of amides is 1. The molecule has 23 heavy (non-hydrogen) atoms. The van der Waals surface area contributed by atoms with Gasteiger partial charge in [-0.05, 0) is 37.1 Å². The number of aryl methyl sites for hydroxylation is 1. The van der Waals surface area contributed by atoms with Crippen LogP contribution in [0.5, 0.6) is 11.5 Å². The molecule has 1 atom stereocenters. The summed E-state index contributed by atoms with van der Waals surface area (Å²) in [6, 6.07) is 3.79. The summed E-state index contributed by atoms with van der Waals surface area (Å²) in [6.45, 7) is 8.15. The molecule has 0 aliphatic carbocycles. The Kier molecular flexibility index (Phi) is 6.24. The third-order valence-electron chi connectivity index (χ3n) is 4.19. The van der Waals surface area contributed by atoms with Crippen molar-refractivity contribution in [3.8, 4) is 11.5 Å². The first-order valence-corrected chi connectivity index (χ1v) is 8.00. The molecule has 2 rings (SSSR count). The van der Waals surface area contributed by atoms with E-state index in [1.165, 1.54) is 0 Å².